The molecular weight excluding hydrogens is 343 g/mol. The van der Waals surface area contributed by atoms with Crippen LogP contribution in [0.4, 0.5) is 21.7 Å². The van der Waals surface area contributed by atoms with E-state index >= 15 is 0 Å². The van der Waals surface area contributed by atoms with Gasteiger partial charge in [0, 0.05) is 5.69 Å². The van der Waals surface area contributed by atoms with Crippen LogP contribution < -0.4 is 10.0 Å². The van der Waals surface area contributed by atoms with E-state index in [0.717, 1.165) is 23.4 Å². The minimum absolute atomic E-state index is 0.0577. The first-order valence-corrected chi connectivity index (χ1v) is 8.86. The highest BCUT2D eigenvalue weighted by Crippen LogP contribution is 2.18. The fourth-order valence-corrected chi connectivity index (χ4v) is 3.13. The maximum Gasteiger partial charge on any atom is 0.263 e. The summed E-state index contributed by atoms with van der Waals surface area (Å²) in [7, 11) is -3.85. The quantitative estimate of drug-likeness (QED) is 0.730. The maximum atomic E-state index is 12.9. The van der Waals surface area contributed by atoms with Crippen LogP contribution in [0.3, 0.4) is 0 Å². The molecule has 1 heterocycles. The molecular formula is C17H15FN4O2S. The largest absolute Gasteiger partial charge is 0.339 e. The highest BCUT2D eigenvalue weighted by Gasteiger charge is 2.15. The second kappa shape index (κ2) is 6.86. The first kappa shape index (κ1) is 16.8. The van der Waals surface area contributed by atoms with Crippen molar-refractivity contribution >= 4 is 27.3 Å². The van der Waals surface area contributed by atoms with E-state index in [4.69, 9.17) is 0 Å². The summed E-state index contributed by atoms with van der Waals surface area (Å²) in [5.74, 6) is 0.0414. The van der Waals surface area contributed by atoms with Crippen LogP contribution in [0.2, 0.25) is 0 Å². The Hall–Kier alpha value is -3.00. The van der Waals surface area contributed by atoms with Gasteiger partial charge in [-0.2, -0.15) is 0 Å². The molecule has 0 aliphatic heterocycles. The van der Waals surface area contributed by atoms with Crippen molar-refractivity contribution < 1.29 is 12.8 Å². The third-order valence-corrected chi connectivity index (χ3v) is 4.69. The highest BCUT2D eigenvalue weighted by atomic mass is 32.2. The molecule has 0 bridgehead atoms. The van der Waals surface area contributed by atoms with Gasteiger partial charge in [0.05, 0.1) is 4.90 Å². The lowest BCUT2D eigenvalue weighted by Gasteiger charge is -2.08. The summed E-state index contributed by atoms with van der Waals surface area (Å²) in [5, 5.41) is 10.9. The van der Waals surface area contributed by atoms with E-state index < -0.39 is 15.8 Å². The Kier molecular flexibility index (Phi) is 4.62. The van der Waals surface area contributed by atoms with Gasteiger partial charge in [0.15, 0.2) is 11.6 Å². The summed E-state index contributed by atoms with van der Waals surface area (Å²) >= 11 is 0. The number of aromatic nitrogens is 2. The second-order valence-electron chi connectivity index (χ2n) is 5.36. The summed E-state index contributed by atoms with van der Waals surface area (Å²) in [6.45, 7) is 1.98. The third kappa shape index (κ3) is 4.30. The highest BCUT2D eigenvalue weighted by molar-refractivity contribution is 7.92. The molecule has 0 aliphatic carbocycles. The smallest absolute Gasteiger partial charge is 0.263 e. The molecule has 2 N–H and O–H groups in total. The first-order valence-electron chi connectivity index (χ1n) is 7.38. The van der Waals surface area contributed by atoms with Crippen molar-refractivity contribution in [3.05, 3.63) is 72.0 Å². The van der Waals surface area contributed by atoms with Gasteiger partial charge in [-0.1, -0.05) is 12.1 Å². The van der Waals surface area contributed by atoms with E-state index in [2.05, 4.69) is 20.2 Å². The number of aryl methyl sites for hydroxylation is 1. The van der Waals surface area contributed by atoms with Crippen LogP contribution >= 0.6 is 0 Å². The van der Waals surface area contributed by atoms with Crippen molar-refractivity contribution in [1.82, 2.24) is 10.2 Å². The summed E-state index contributed by atoms with van der Waals surface area (Å²) in [6.07, 6.45) is 0. The van der Waals surface area contributed by atoms with Crippen molar-refractivity contribution in [2.24, 2.45) is 0 Å². The van der Waals surface area contributed by atoms with Crippen molar-refractivity contribution in [2.75, 3.05) is 10.0 Å². The predicted octanol–water partition coefficient (Wildman–Crippen LogP) is 3.47. The lowest BCUT2D eigenvalue weighted by molar-refractivity contribution is 0.599. The molecule has 0 amide bonds. The molecule has 3 rings (SSSR count). The Morgan fingerprint density at radius 1 is 0.920 bits per heavy atom. The lowest BCUT2D eigenvalue weighted by Crippen LogP contribution is -2.14. The van der Waals surface area contributed by atoms with E-state index in [1.807, 2.05) is 31.2 Å². The van der Waals surface area contributed by atoms with Crippen molar-refractivity contribution in [3.63, 3.8) is 0 Å². The van der Waals surface area contributed by atoms with Gasteiger partial charge < -0.3 is 5.32 Å². The maximum absolute atomic E-state index is 12.9. The van der Waals surface area contributed by atoms with Gasteiger partial charge in [0.2, 0.25) is 0 Å². The number of halogens is 1. The monoisotopic (exact) mass is 358 g/mol. The first-order chi connectivity index (χ1) is 11.9. The SMILES string of the molecule is Cc1cccc(Nc2ccc(NS(=O)(=O)c3ccc(F)cc3)nn2)c1. The summed E-state index contributed by atoms with van der Waals surface area (Å²) in [5.41, 5.74) is 1.95. The number of hydrogen-bond donors (Lipinski definition) is 2. The number of hydrogen-bond acceptors (Lipinski definition) is 5. The summed E-state index contributed by atoms with van der Waals surface area (Å²) in [6, 6.07) is 15.3. The van der Waals surface area contributed by atoms with Crippen LogP contribution in [0.25, 0.3) is 0 Å². The zero-order valence-corrected chi connectivity index (χ0v) is 14.1. The van der Waals surface area contributed by atoms with Crippen LogP contribution in [0, 0.1) is 12.7 Å². The number of benzene rings is 2. The molecule has 2 aromatic carbocycles. The van der Waals surface area contributed by atoms with Crippen LogP contribution in [-0.2, 0) is 10.0 Å². The Bertz CT molecular complexity index is 974. The fourth-order valence-electron chi connectivity index (χ4n) is 2.13. The average molecular weight is 358 g/mol. The molecule has 0 spiro atoms. The number of sulfonamides is 1. The molecule has 8 heteroatoms. The van der Waals surface area contributed by atoms with E-state index in [1.54, 1.807) is 6.07 Å². The van der Waals surface area contributed by atoms with Gasteiger partial charge in [-0.25, -0.2) is 12.8 Å². The average Bonchev–Trinajstić information content (AvgIpc) is 2.57. The van der Waals surface area contributed by atoms with Crippen molar-refractivity contribution in [3.8, 4) is 0 Å². The van der Waals surface area contributed by atoms with Gasteiger partial charge in [0.25, 0.3) is 10.0 Å². The fraction of sp³-hybridized carbons (Fsp3) is 0.0588. The predicted molar refractivity (Wildman–Crippen MR) is 93.7 cm³/mol. The molecule has 1 aromatic heterocycles. The Balaban J connectivity index is 1.73. The number of nitrogens with one attached hydrogen (secondary N) is 2. The van der Waals surface area contributed by atoms with E-state index in [9.17, 15) is 12.8 Å². The molecule has 3 aromatic rings. The number of rotatable bonds is 5. The van der Waals surface area contributed by atoms with Crippen molar-refractivity contribution in [2.45, 2.75) is 11.8 Å². The molecule has 0 atom stereocenters. The Morgan fingerprint density at radius 3 is 2.24 bits per heavy atom. The van der Waals surface area contributed by atoms with E-state index in [-0.39, 0.29) is 10.7 Å². The number of anilines is 3. The molecule has 0 saturated carbocycles. The third-order valence-electron chi connectivity index (χ3n) is 3.32. The molecule has 6 nitrogen and oxygen atoms in total. The topological polar surface area (TPSA) is 84.0 Å². The molecule has 0 fully saturated rings. The van der Waals surface area contributed by atoms with Gasteiger partial charge in [-0.15, -0.1) is 10.2 Å². The molecule has 25 heavy (non-hydrogen) atoms. The van der Waals surface area contributed by atoms with Gasteiger partial charge in [0.1, 0.15) is 5.82 Å². The van der Waals surface area contributed by atoms with Crippen LogP contribution in [0.5, 0.6) is 0 Å². The Labute approximate surface area is 144 Å². The minimum atomic E-state index is -3.85. The van der Waals surface area contributed by atoms with E-state index in [0.29, 0.717) is 5.82 Å². The summed E-state index contributed by atoms with van der Waals surface area (Å²) in [4.78, 5) is -0.0577. The van der Waals surface area contributed by atoms with Crippen LogP contribution in [0.1, 0.15) is 5.56 Å². The summed E-state index contributed by atoms with van der Waals surface area (Å²) < 4.78 is 39.6. The van der Waals surface area contributed by atoms with Crippen LogP contribution in [-0.4, -0.2) is 18.6 Å². The normalized spacial score (nSPS) is 11.1. The van der Waals surface area contributed by atoms with Gasteiger partial charge >= 0.3 is 0 Å². The second-order valence-corrected chi connectivity index (χ2v) is 7.04. The molecule has 128 valence electrons. The zero-order valence-electron chi connectivity index (χ0n) is 13.3. The molecule has 0 radical (unpaired) electrons. The minimum Gasteiger partial charge on any atom is -0.339 e. The standard InChI is InChI=1S/C17H15FN4O2S/c1-12-3-2-4-14(11-12)19-16-9-10-17(21-20-16)22-25(23,24)15-7-5-13(18)6-8-15/h2-11H,1H3,(H,19,20)(H,21,22). The molecule has 0 saturated heterocycles. The van der Waals surface area contributed by atoms with Crippen molar-refractivity contribution in [1.29, 1.82) is 0 Å². The zero-order chi connectivity index (χ0) is 17.9. The van der Waals surface area contributed by atoms with Crippen LogP contribution in [0.15, 0.2) is 65.6 Å². The number of nitrogens with zero attached hydrogens (tertiary/aromatic N) is 2. The molecule has 0 unspecified atom stereocenters. The Morgan fingerprint density at radius 2 is 1.60 bits per heavy atom. The lowest BCUT2D eigenvalue weighted by atomic mass is 10.2. The van der Waals surface area contributed by atoms with E-state index in [1.165, 1.54) is 18.2 Å². The van der Waals surface area contributed by atoms with Gasteiger partial charge in [-0.05, 0) is 61.0 Å². The van der Waals surface area contributed by atoms with Gasteiger partial charge in [-0.3, -0.25) is 4.72 Å². The molecule has 0 aliphatic rings.